The van der Waals surface area contributed by atoms with E-state index >= 15 is 0 Å². The monoisotopic (exact) mass is 394 g/mol. The lowest BCUT2D eigenvalue weighted by Crippen LogP contribution is -2.41. The molecule has 0 unspecified atom stereocenters. The van der Waals surface area contributed by atoms with Gasteiger partial charge in [0.25, 0.3) is 5.91 Å². The lowest BCUT2D eigenvalue weighted by Gasteiger charge is -2.14. The molecule has 0 saturated carbocycles. The zero-order chi connectivity index (χ0) is 20.2. The van der Waals surface area contributed by atoms with Gasteiger partial charge in [-0.25, -0.2) is 8.42 Å². The summed E-state index contributed by atoms with van der Waals surface area (Å²) in [5, 5.41) is 8.87. The van der Waals surface area contributed by atoms with Gasteiger partial charge in [0.05, 0.1) is 6.04 Å². The average molecular weight is 394 g/mol. The first kappa shape index (κ1) is 20.6. The third kappa shape index (κ3) is 4.92. The molecule has 2 aromatic rings. The van der Waals surface area contributed by atoms with Crippen molar-refractivity contribution in [2.24, 2.45) is 0 Å². The molecule has 3 N–H and O–H groups in total. The number of benzene rings is 1. The Bertz CT molecular complexity index is 932. The van der Waals surface area contributed by atoms with Crippen molar-refractivity contribution in [3.05, 3.63) is 41.3 Å². The number of aromatic nitrogens is 1. The van der Waals surface area contributed by atoms with Gasteiger partial charge in [0.1, 0.15) is 10.6 Å². The van der Waals surface area contributed by atoms with Crippen molar-refractivity contribution >= 4 is 27.5 Å². The van der Waals surface area contributed by atoms with E-state index in [1.807, 2.05) is 0 Å². The third-order valence-corrected chi connectivity index (χ3v) is 5.48. The van der Waals surface area contributed by atoms with Crippen LogP contribution < -0.4 is 15.4 Å². The molecule has 0 radical (unpaired) electrons. The average Bonchev–Trinajstić information content (AvgIpc) is 2.94. The number of sulfonamides is 1. The molecule has 1 atom stereocenters. The van der Waals surface area contributed by atoms with E-state index in [1.54, 1.807) is 25.1 Å². The Morgan fingerprint density at radius 3 is 2.56 bits per heavy atom. The van der Waals surface area contributed by atoms with Gasteiger partial charge in [0.2, 0.25) is 15.9 Å². The van der Waals surface area contributed by atoms with E-state index in [0.717, 1.165) is 0 Å². The topological polar surface area (TPSA) is 130 Å². The fraction of sp³-hybridized carbons (Fsp3) is 0.353. The SMILES string of the molecule is CCNC(=O)c1cccc(NC(=O)[C@H](C)NS(=O)(=O)c2c(C)noc2C)c1. The minimum Gasteiger partial charge on any atom is -0.360 e. The van der Waals surface area contributed by atoms with Crippen molar-refractivity contribution in [2.45, 2.75) is 38.6 Å². The summed E-state index contributed by atoms with van der Waals surface area (Å²) in [7, 11) is -3.97. The first-order chi connectivity index (χ1) is 12.7. The van der Waals surface area contributed by atoms with Crippen LogP contribution in [0, 0.1) is 13.8 Å². The molecule has 146 valence electrons. The number of nitrogens with zero attached hydrogens (tertiary/aromatic N) is 1. The van der Waals surface area contributed by atoms with Crippen LogP contribution in [0.4, 0.5) is 5.69 Å². The van der Waals surface area contributed by atoms with Crippen LogP contribution in [0.15, 0.2) is 33.7 Å². The summed E-state index contributed by atoms with van der Waals surface area (Å²) in [5.74, 6) is -0.693. The second kappa shape index (κ2) is 8.31. The molecular weight excluding hydrogens is 372 g/mol. The van der Waals surface area contributed by atoms with Gasteiger partial charge >= 0.3 is 0 Å². The van der Waals surface area contributed by atoms with Crippen molar-refractivity contribution in [2.75, 3.05) is 11.9 Å². The highest BCUT2D eigenvalue weighted by molar-refractivity contribution is 7.89. The number of amides is 2. The quantitative estimate of drug-likeness (QED) is 0.650. The molecule has 1 aromatic heterocycles. The number of aryl methyl sites for hydroxylation is 2. The lowest BCUT2D eigenvalue weighted by atomic mass is 10.2. The Morgan fingerprint density at radius 2 is 1.96 bits per heavy atom. The highest BCUT2D eigenvalue weighted by Gasteiger charge is 2.28. The van der Waals surface area contributed by atoms with E-state index in [9.17, 15) is 18.0 Å². The number of hydrogen-bond acceptors (Lipinski definition) is 6. The molecule has 0 bridgehead atoms. The molecule has 1 heterocycles. The Labute approximate surface area is 157 Å². The molecule has 2 amide bonds. The summed E-state index contributed by atoms with van der Waals surface area (Å²) in [6.07, 6.45) is 0. The van der Waals surface area contributed by atoms with E-state index in [0.29, 0.717) is 17.8 Å². The normalized spacial score (nSPS) is 12.4. The van der Waals surface area contributed by atoms with Crippen LogP contribution in [-0.2, 0) is 14.8 Å². The van der Waals surface area contributed by atoms with Crippen molar-refractivity contribution in [1.82, 2.24) is 15.2 Å². The van der Waals surface area contributed by atoms with Crippen molar-refractivity contribution in [3.63, 3.8) is 0 Å². The molecular formula is C17H22N4O5S. The Kier molecular flexibility index (Phi) is 6.34. The number of nitrogens with one attached hydrogen (secondary N) is 3. The van der Waals surface area contributed by atoms with Crippen LogP contribution in [0.25, 0.3) is 0 Å². The standard InChI is InChI=1S/C17H22N4O5S/c1-5-18-17(23)13-7-6-8-14(9-13)19-16(22)11(3)21-27(24,25)15-10(2)20-26-12(15)4/h6-9,11,21H,5H2,1-4H3,(H,18,23)(H,19,22)/t11-/m0/s1. The lowest BCUT2D eigenvalue weighted by molar-refractivity contribution is -0.117. The zero-order valence-corrected chi connectivity index (χ0v) is 16.3. The predicted octanol–water partition coefficient (Wildman–Crippen LogP) is 1.35. The molecule has 0 fully saturated rings. The number of carbonyl (C=O) groups is 2. The van der Waals surface area contributed by atoms with Crippen LogP contribution in [0.2, 0.25) is 0 Å². The first-order valence-electron chi connectivity index (χ1n) is 8.30. The van der Waals surface area contributed by atoms with Gasteiger partial charge in [0, 0.05) is 17.8 Å². The summed E-state index contributed by atoms with van der Waals surface area (Å²) >= 11 is 0. The molecule has 1 aromatic carbocycles. The number of carbonyl (C=O) groups excluding carboxylic acids is 2. The molecule has 0 spiro atoms. The Morgan fingerprint density at radius 1 is 1.26 bits per heavy atom. The maximum absolute atomic E-state index is 12.5. The zero-order valence-electron chi connectivity index (χ0n) is 15.5. The van der Waals surface area contributed by atoms with Crippen LogP contribution >= 0.6 is 0 Å². The third-order valence-electron chi connectivity index (χ3n) is 3.69. The first-order valence-corrected chi connectivity index (χ1v) is 9.78. The highest BCUT2D eigenvalue weighted by atomic mass is 32.2. The van der Waals surface area contributed by atoms with E-state index in [1.165, 1.54) is 26.8 Å². The van der Waals surface area contributed by atoms with Crippen LogP contribution in [0.5, 0.6) is 0 Å². The summed E-state index contributed by atoms with van der Waals surface area (Å²) < 4.78 is 32.1. The molecule has 10 heteroatoms. The van der Waals surface area contributed by atoms with Gasteiger partial charge < -0.3 is 15.2 Å². The second-order valence-electron chi connectivity index (χ2n) is 5.93. The minimum atomic E-state index is -3.97. The molecule has 27 heavy (non-hydrogen) atoms. The largest absolute Gasteiger partial charge is 0.360 e. The van der Waals surface area contributed by atoms with E-state index < -0.39 is 22.0 Å². The molecule has 2 rings (SSSR count). The van der Waals surface area contributed by atoms with Gasteiger partial charge in [-0.1, -0.05) is 11.2 Å². The molecule has 0 aliphatic carbocycles. The van der Waals surface area contributed by atoms with Crippen molar-refractivity contribution in [3.8, 4) is 0 Å². The van der Waals surface area contributed by atoms with E-state index in [-0.39, 0.29) is 22.3 Å². The van der Waals surface area contributed by atoms with Crippen molar-refractivity contribution < 1.29 is 22.5 Å². The van der Waals surface area contributed by atoms with Gasteiger partial charge in [0.15, 0.2) is 5.76 Å². The molecule has 0 aliphatic heterocycles. The van der Waals surface area contributed by atoms with Crippen LogP contribution in [-0.4, -0.2) is 38.0 Å². The predicted molar refractivity (Wildman–Crippen MR) is 98.8 cm³/mol. The smallest absolute Gasteiger partial charge is 0.251 e. The summed E-state index contributed by atoms with van der Waals surface area (Å²) in [6.45, 7) is 6.68. The summed E-state index contributed by atoms with van der Waals surface area (Å²) in [4.78, 5) is 24.1. The summed E-state index contributed by atoms with van der Waals surface area (Å²) in [6, 6.07) is 5.30. The fourth-order valence-corrected chi connectivity index (χ4v) is 3.99. The van der Waals surface area contributed by atoms with Crippen molar-refractivity contribution in [1.29, 1.82) is 0 Å². The Balaban J connectivity index is 2.10. The highest BCUT2D eigenvalue weighted by Crippen LogP contribution is 2.19. The number of hydrogen-bond donors (Lipinski definition) is 3. The maximum atomic E-state index is 12.5. The van der Waals surface area contributed by atoms with E-state index in [4.69, 9.17) is 4.52 Å². The molecule has 0 saturated heterocycles. The molecule has 9 nitrogen and oxygen atoms in total. The number of anilines is 1. The molecule has 0 aliphatic rings. The summed E-state index contributed by atoms with van der Waals surface area (Å²) in [5.41, 5.74) is 0.980. The van der Waals surface area contributed by atoms with Gasteiger partial charge in [-0.3, -0.25) is 9.59 Å². The van der Waals surface area contributed by atoms with Gasteiger partial charge in [-0.05, 0) is 45.9 Å². The maximum Gasteiger partial charge on any atom is 0.251 e. The minimum absolute atomic E-state index is 0.0830. The van der Waals surface area contributed by atoms with Crippen LogP contribution in [0.3, 0.4) is 0 Å². The Hall–Kier alpha value is -2.72. The second-order valence-corrected chi connectivity index (χ2v) is 7.58. The van der Waals surface area contributed by atoms with E-state index in [2.05, 4.69) is 20.5 Å². The van der Waals surface area contributed by atoms with Gasteiger partial charge in [-0.2, -0.15) is 4.72 Å². The fourth-order valence-electron chi connectivity index (χ4n) is 2.45. The number of rotatable bonds is 7. The van der Waals surface area contributed by atoms with Gasteiger partial charge in [-0.15, -0.1) is 0 Å². The van der Waals surface area contributed by atoms with Crippen LogP contribution in [0.1, 0.15) is 35.7 Å².